The molecule has 0 unspecified atom stereocenters. The van der Waals surface area contributed by atoms with Crippen LogP contribution in [0.25, 0.3) is 0 Å². The third-order valence-corrected chi connectivity index (χ3v) is 3.20. The number of unbranched alkanes of at least 4 members (excludes halogenated alkanes) is 1. The summed E-state index contributed by atoms with van der Waals surface area (Å²) in [5, 5.41) is 14.5. The van der Waals surface area contributed by atoms with Crippen LogP contribution in [-0.4, -0.2) is 29.7 Å². The van der Waals surface area contributed by atoms with Crippen LogP contribution in [0.1, 0.15) is 38.5 Å². The maximum absolute atomic E-state index is 11.5. The third kappa shape index (κ3) is 5.09. The molecule has 1 aliphatic carbocycles. The molecule has 100 valence electrons. The second-order valence-electron chi connectivity index (χ2n) is 4.59. The highest BCUT2D eigenvalue weighted by molar-refractivity contribution is 5.74. The zero-order valence-electron chi connectivity index (χ0n) is 10.4. The van der Waals surface area contributed by atoms with E-state index in [9.17, 15) is 9.59 Å². The summed E-state index contributed by atoms with van der Waals surface area (Å²) < 4.78 is 0. The zero-order chi connectivity index (χ0) is 13.4. The van der Waals surface area contributed by atoms with Crippen molar-refractivity contribution in [3.05, 3.63) is 0 Å². The van der Waals surface area contributed by atoms with Gasteiger partial charge in [-0.15, -0.1) is 12.3 Å². The highest BCUT2D eigenvalue weighted by Gasteiger charge is 2.26. The molecule has 0 atom stereocenters. The molecular formula is C13H20N2O3. The second kappa shape index (κ2) is 7.59. The zero-order valence-corrected chi connectivity index (χ0v) is 10.4. The highest BCUT2D eigenvalue weighted by atomic mass is 16.4. The van der Waals surface area contributed by atoms with Crippen molar-refractivity contribution in [1.82, 2.24) is 10.6 Å². The van der Waals surface area contributed by atoms with Crippen LogP contribution in [0.15, 0.2) is 0 Å². The molecule has 0 spiro atoms. The van der Waals surface area contributed by atoms with Gasteiger partial charge in [0.05, 0.1) is 5.92 Å². The van der Waals surface area contributed by atoms with Gasteiger partial charge in [-0.1, -0.05) is 0 Å². The van der Waals surface area contributed by atoms with Crippen LogP contribution in [-0.2, 0) is 4.79 Å². The first-order valence-electron chi connectivity index (χ1n) is 6.34. The molecule has 0 heterocycles. The number of aliphatic carboxylic acids is 1. The maximum Gasteiger partial charge on any atom is 0.315 e. The number of carboxylic acid groups (broad SMARTS) is 1. The van der Waals surface area contributed by atoms with Gasteiger partial charge < -0.3 is 15.7 Å². The maximum atomic E-state index is 11.5. The van der Waals surface area contributed by atoms with E-state index < -0.39 is 5.97 Å². The third-order valence-electron chi connectivity index (χ3n) is 3.20. The van der Waals surface area contributed by atoms with Gasteiger partial charge in [-0.25, -0.2) is 4.79 Å². The fraction of sp³-hybridized carbons (Fsp3) is 0.692. The van der Waals surface area contributed by atoms with Gasteiger partial charge in [0.25, 0.3) is 0 Å². The van der Waals surface area contributed by atoms with Crippen molar-refractivity contribution >= 4 is 12.0 Å². The number of hydrogen-bond donors (Lipinski definition) is 3. The summed E-state index contributed by atoms with van der Waals surface area (Å²) in [6.45, 7) is 0.570. The van der Waals surface area contributed by atoms with E-state index in [4.69, 9.17) is 11.5 Å². The Bertz CT molecular complexity index is 328. The molecule has 5 nitrogen and oxygen atoms in total. The minimum atomic E-state index is -0.729. The van der Waals surface area contributed by atoms with Gasteiger partial charge in [0.2, 0.25) is 0 Å². The van der Waals surface area contributed by atoms with Crippen molar-refractivity contribution < 1.29 is 14.7 Å². The Morgan fingerprint density at radius 3 is 2.50 bits per heavy atom. The lowest BCUT2D eigenvalue weighted by molar-refractivity contribution is -0.142. The number of carbonyl (C=O) groups is 2. The molecule has 1 fully saturated rings. The lowest BCUT2D eigenvalue weighted by Gasteiger charge is -2.26. The number of amides is 2. The number of terminal acetylenes is 1. The minimum absolute atomic E-state index is 0.0910. The average Bonchev–Trinajstić information content (AvgIpc) is 2.35. The van der Waals surface area contributed by atoms with Crippen molar-refractivity contribution in [3.8, 4) is 12.3 Å². The van der Waals surface area contributed by atoms with Gasteiger partial charge in [-0.3, -0.25) is 4.79 Å². The van der Waals surface area contributed by atoms with E-state index >= 15 is 0 Å². The van der Waals surface area contributed by atoms with Crippen molar-refractivity contribution in [1.29, 1.82) is 0 Å². The van der Waals surface area contributed by atoms with E-state index in [1.807, 2.05) is 0 Å². The quantitative estimate of drug-likeness (QED) is 0.510. The van der Waals surface area contributed by atoms with Crippen LogP contribution in [0.2, 0.25) is 0 Å². The molecule has 3 N–H and O–H groups in total. The van der Waals surface area contributed by atoms with Crippen molar-refractivity contribution in [2.75, 3.05) is 6.54 Å². The molecule has 1 saturated carbocycles. The van der Waals surface area contributed by atoms with Gasteiger partial charge in [-0.05, 0) is 32.1 Å². The number of rotatable bonds is 5. The average molecular weight is 252 g/mol. The molecule has 0 aliphatic heterocycles. The summed E-state index contributed by atoms with van der Waals surface area (Å²) in [6.07, 6.45) is 9.27. The molecular weight excluding hydrogens is 232 g/mol. The lowest BCUT2D eigenvalue weighted by atomic mass is 9.86. The van der Waals surface area contributed by atoms with E-state index in [2.05, 4.69) is 16.6 Å². The fourth-order valence-electron chi connectivity index (χ4n) is 2.11. The Labute approximate surface area is 107 Å². The molecule has 0 bridgehead atoms. The van der Waals surface area contributed by atoms with E-state index in [0.29, 0.717) is 25.8 Å². The minimum Gasteiger partial charge on any atom is -0.481 e. The highest BCUT2D eigenvalue weighted by Crippen LogP contribution is 2.24. The molecule has 18 heavy (non-hydrogen) atoms. The predicted molar refractivity (Wildman–Crippen MR) is 68.0 cm³/mol. The molecule has 0 radical (unpaired) electrons. The summed E-state index contributed by atoms with van der Waals surface area (Å²) in [4.78, 5) is 22.3. The molecule has 2 amide bonds. The Hall–Kier alpha value is -1.70. The second-order valence-corrected chi connectivity index (χ2v) is 4.59. The smallest absolute Gasteiger partial charge is 0.315 e. The summed E-state index contributed by atoms with van der Waals surface area (Å²) in [5.41, 5.74) is 0. The monoisotopic (exact) mass is 252 g/mol. The molecule has 1 aliphatic rings. The van der Waals surface area contributed by atoms with Crippen molar-refractivity contribution in [2.24, 2.45) is 5.92 Å². The molecule has 0 aromatic carbocycles. The van der Waals surface area contributed by atoms with Gasteiger partial charge in [-0.2, -0.15) is 0 Å². The SMILES string of the molecule is C#CCCCNC(=O)NC1CCC(C(=O)O)CC1. The van der Waals surface area contributed by atoms with E-state index in [1.54, 1.807) is 0 Å². The topological polar surface area (TPSA) is 78.4 Å². The van der Waals surface area contributed by atoms with Crippen LogP contribution < -0.4 is 10.6 Å². The number of urea groups is 1. The Balaban J connectivity index is 2.14. The standard InChI is InChI=1S/C13H20N2O3/c1-2-3-4-9-14-13(18)15-11-7-5-10(6-8-11)12(16)17/h1,10-11H,3-9H2,(H,16,17)(H2,14,15,18). The van der Waals surface area contributed by atoms with Crippen molar-refractivity contribution in [2.45, 2.75) is 44.6 Å². The summed E-state index contributed by atoms with van der Waals surface area (Å²) in [6, 6.07) is -0.0981. The van der Waals surface area contributed by atoms with Crippen molar-refractivity contribution in [3.63, 3.8) is 0 Å². The Morgan fingerprint density at radius 2 is 1.94 bits per heavy atom. The largest absolute Gasteiger partial charge is 0.481 e. The van der Waals surface area contributed by atoms with Crippen LogP contribution in [0.3, 0.4) is 0 Å². The van der Waals surface area contributed by atoms with Gasteiger partial charge in [0.1, 0.15) is 0 Å². The molecule has 5 heteroatoms. The number of carbonyl (C=O) groups excluding carboxylic acids is 1. The van der Waals surface area contributed by atoms with Gasteiger partial charge in [0, 0.05) is 19.0 Å². The van der Waals surface area contributed by atoms with Gasteiger partial charge >= 0.3 is 12.0 Å². The van der Waals surface area contributed by atoms with Crippen LogP contribution >= 0.6 is 0 Å². The summed E-state index contributed by atoms with van der Waals surface area (Å²) >= 11 is 0. The summed E-state index contributed by atoms with van der Waals surface area (Å²) in [7, 11) is 0. The van der Waals surface area contributed by atoms with Crippen LogP contribution in [0.4, 0.5) is 4.79 Å². The predicted octanol–water partition coefficient (Wildman–Crippen LogP) is 1.34. The first-order valence-corrected chi connectivity index (χ1v) is 6.34. The molecule has 0 saturated heterocycles. The Morgan fingerprint density at radius 1 is 1.28 bits per heavy atom. The number of nitrogens with one attached hydrogen (secondary N) is 2. The normalized spacial score (nSPS) is 22.8. The van der Waals surface area contributed by atoms with E-state index in [1.165, 1.54) is 0 Å². The summed E-state index contributed by atoms with van der Waals surface area (Å²) in [5.74, 6) is 1.53. The number of carboxylic acids is 1. The number of hydrogen-bond acceptors (Lipinski definition) is 2. The Kier molecular flexibility index (Phi) is 6.06. The first-order chi connectivity index (χ1) is 8.63. The van der Waals surface area contributed by atoms with Crippen LogP contribution in [0, 0.1) is 18.3 Å². The fourth-order valence-corrected chi connectivity index (χ4v) is 2.11. The molecule has 0 aromatic heterocycles. The van der Waals surface area contributed by atoms with E-state index in [-0.39, 0.29) is 18.0 Å². The first kappa shape index (κ1) is 14.4. The molecule has 0 aromatic rings. The lowest BCUT2D eigenvalue weighted by Crippen LogP contribution is -2.44. The van der Waals surface area contributed by atoms with Gasteiger partial charge in [0.15, 0.2) is 0 Å². The van der Waals surface area contributed by atoms with Crippen LogP contribution in [0.5, 0.6) is 0 Å². The molecule has 1 rings (SSSR count). The van der Waals surface area contributed by atoms with E-state index in [0.717, 1.165) is 19.3 Å².